The highest BCUT2D eigenvalue weighted by Crippen LogP contribution is 2.29. The van der Waals surface area contributed by atoms with Crippen molar-refractivity contribution >= 4 is 17.2 Å². The maximum Gasteiger partial charge on any atom is 0.239 e. The molecule has 2 rings (SSSR count). The lowest BCUT2D eigenvalue weighted by Crippen LogP contribution is -2.34. The normalized spacial score (nSPS) is 17.7. The van der Waals surface area contributed by atoms with Crippen molar-refractivity contribution in [3.8, 4) is 0 Å². The Kier molecular flexibility index (Phi) is 3.07. The summed E-state index contributed by atoms with van der Waals surface area (Å²) < 4.78 is 0. The minimum atomic E-state index is -0.302. The standard InChI is InChI=1S/C11H16N2OS/c1-7-2-5-9(15-7)10(11(12)14)13-6-8-3-4-8/h2,5,8,10,13H,3-4,6H2,1H3,(H2,12,14). The highest BCUT2D eigenvalue weighted by atomic mass is 32.1. The molecule has 3 N–H and O–H groups in total. The van der Waals surface area contributed by atoms with E-state index in [0.29, 0.717) is 0 Å². The van der Waals surface area contributed by atoms with E-state index < -0.39 is 0 Å². The van der Waals surface area contributed by atoms with Crippen LogP contribution in [0, 0.1) is 12.8 Å². The molecule has 0 spiro atoms. The smallest absolute Gasteiger partial charge is 0.239 e. The zero-order valence-corrected chi connectivity index (χ0v) is 9.64. The Hall–Kier alpha value is -0.870. The fourth-order valence-electron chi connectivity index (χ4n) is 1.56. The fourth-order valence-corrected chi connectivity index (χ4v) is 2.52. The van der Waals surface area contributed by atoms with Crippen molar-refractivity contribution in [2.75, 3.05) is 6.54 Å². The van der Waals surface area contributed by atoms with Gasteiger partial charge in [0.1, 0.15) is 6.04 Å². The van der Waals surface area contributed by atoms with E-state index in [-0.39, 0.29) is 11.9 Å². The molecule has 1 aromatic rings. The molecule has 15 heavy (non-hydrogen) atoms. The number of amides is 1. The van der Waals surface area contributed by atoms with Crippen molar-refractivity contribution in [2.24, 2.45) is 11.7 Å². The van der Waals surface area contributed by atoms with Gasteiger partial charge in [-0.15, -0.1) is 11.3 Å². The third-order valence-corrected chi connectivity index (χ3v) is 3.70. The summed E-state index contributed by atoms with van der Waals surface area (Å²) in [7, 11) is 0. The predicted octanol–water partition coefficient (Wildman–Crippen LogP) is 1.58. The van der Waals surface area contributed by atoms with E-state index in [1.807, 2.05) is 19.1 Å². The number of hydrogen-bond donors (Lipinski definition) is 2. The number of nitrogens with two attached hydrogens (primary N) is 1. The molecule has 3 nitrogen and oxygen atoms in total. The number of carbonyl (C=O) groups excluding carboxylic acids is 1. The average molecular weight is 224 g/mol. The van der Waals surface area contributed by atoms with Crippen LogP contribution in [0.25, 0.3) is 0 Å². The Morgan fingerprint density at radius 1 is 1.67 bits per heavy atom. The lowest BCUT2D eigenvalue weighted by molar-refractivity contribution is -0.120. The molecule has 1 saturated carbocycles. The molecule has 0 radical (unpaired) electrons. The first-order valence-corrected chi connectivity index (χ1v) is 6.07. The molecule has 0 bridgehead atoms. The highest BCUT2D eigenvalue weighted by Gasteiger charge is 2.25. The van der Waals surface area contributed by atoms with Crippen LogP contribution in [-0.4, -0.2) is 12.5 Å². The highest BCUT2D eigenvalue weighted by molar-refractivity contribution is 7.12. The van der Waals surface area contributed by atoms with Gasteiger partial charge in [0.15, 0.2) is 0 Å². The Morgan fingerprint density at radius 3 is 2.87 bits per heavy atom. The Labute approximate surface area is 93.7 Å². The van der Waals surface area contributed by atoms with Crippen molar-refractivity contribution in [2.45, 2.75) is 25.8 Å². The fraction of sp³-hybridized carbons (Fsp3) is 0.545. The quantitative estimate of drug-likeness (QED) is 0.798. The molecular weight excluding hydrogens is 208 g/mol. The summed E-state index contributed by atoms with van der Waals surface area (Å²) in [6.07, 6.45) is 2.56. The minimum Gasteiger partial charge on any atom is -0.368 e. The van der Waals surface area contributed by atoms with Crippen LogP contribution in [0.3, 0.4) is 0 Å². The lowest BCUT2D eigenvalue weighted by Gasteiger charge is -2.13. The second kappa shape index (κ2) is 4.33. The van der Waals surface area contributed by atoms with E-state index in [1.54, 1.807) is 11.3 Å². The van der Waals surface area contributed by atoms with Crippen LogP contribution in [0.2, 0.25) is 0 Å². The zero-order valence-electron chi connectivity index (χ0n) is 8.82. The monoisotopic (exact) mass is 224 g/mol. The SMILES string of the molecule is Cc1ccc(C(NCC2CC2)C(N)=O)s1. The number of carbonyl (C=O) groups is 1. The van der Waals surface area contributed by atoms with Gasteiger partial charge in [0.2, 0.25) is 5.91 Å². The molecule has 0 aromatic carbocycles. The molecule has 1 atom stereocenters. The van der Waals surface area contributed by atoms with Crippen molar-refractivity contribution in [3.05, 3.63) is 21.9 Å². The van der Waals surface area contributed by atoms with Gasteiger partial charge in [0.05, 0.1) is 0 Å². The van der Waals surface area contributed by atoms with Crippen LogP contribution in [0.4, 0.5) is 0 Å². The molecule has 4 heteroatoms. The summed E-state index contributed by atoms with van der Waals surface area (Å²) in [5.41, 5.74) is 5.39. The first kappa shape index (κ1) is 10.6. The van der Waals surface area contributed by atoms with Crippen LogP contribution < -0.4 is 11.1 Å². The number of hydrogen-bond acceptors (Lipinski definition) is 3. The molecular formula is C11H16N2OS. The summed E-state index contributed by atoms with van der Waals surface area (Å²) in [6, 6.07) is 3.70. The molecule has 1 amide bonds. The zero-order chi connectivity index (χ0) is 10.8. The Morgan fingerprint density at radius 2 is 2.40 bits per heavy atom. The Balaban J connectivity index is 2.01. The number of primary amides is 1. The topological polar surface area (TPSA) is 55.1 Å². The third kappa shape index (κ3) is 2.79. The minimum absolute atomic E-state index is 0.280. The van der Waals surface area contributed by atoms with Gasteiger partial charge in [-0.3, -0.25) is 4.79 Å². The summed E-state index contributed by atoms with van der Waals surface area (Å²) in [5.74, 6) is 0.477. The molecule has 1 fully saturated rings. The number of aryl methyl sites for hydroxylation is 1. The van der Waals surface area contributed by atoms with Crippen molar-refractivity contribution < 1.29 is 4.79 Å². The van der Waals surface area contributed by atoms with Gasteiger partial charge in [0.25, 0.3) is 0 Å². The predicted molar refractivity (Wildman–Crippen MR) is 61.7 cm³/mol. The molecule has 82 valence electrons. The van der Waals surface area contributed by atoms with Gasteiger partial charge in [-0.25, -0.2) is 0 Å². The Bertz CT molecular complexity index is 357. The molecule has 0 saturated heterocycles. The number of thiophene rings is 1. The van der Waals surface area contributed by atoms with E-state index in [9.17, 15) is 4.79 Å². The average Bonchev–Trinajstić information content (AvgIpc) is 2.89. The summed E-state index contributed by atoms with van der Waals surface area (Å²) in [4.78, 5) is 13.5. The largest absolute Gasteiger partial charge is 0.368 e. The van der Waals surface area contributed by atoms with Crippen LogP contribution >= 0.6 is 11.3 Å². The first-order chi connectivity index (χ1) is 7.16. The molecule has 0 aliphatic heterocycles. The molecule has 1 unspecified atom stereocenters. The second-order valence-electron chi connectivity index (χ2n) is 4.14. The van der Waals surface area contributed by atoms with E-state index in [0.717, 1.165) is 17.3 Å². The van der Waals surface area contributed by atoms with Gasteiger partial charge in [-0.1, -0.05) is 0 Å². The van der Waals surface area contributed by atoms with Gasteiger partial charge in [-0.05, 0) is 44.4 Å². The van der Waals surface area contributed by atoms with Crippen molar-refractivity contribution in [1.82, 2.24) is 5.32 Å². The molecule has 1 heterocycles. The van der Waals surface area contributed by atoms with Gasteiger partial charge in [-0.2, -0.15) is 0 Å². The summed E-state index contributed by atoms with van der Waals surface area (Å²) >= 11 is 1.63. The molecule has 1 aliphatic rings. The first-order valence-electron chi connectivity index (χ1n) is 5.26. The van der Waals surface area contributed by atoms with Crippen LogP contribution in [0.1, 0.15) is 28.6 Å². The van der Waals surface area contributed by atoms with E-state index in [1.165, 1.54) is 17.7 Å². The summed E-state index contributed by atoms with van der Waals surface area (Å²) in [5, 5.41) is 3.25. The van der Waals surface area contributed by atoms with Gasteiger partial charge in [0, 0.05) is 9.75 Å². The van der Waals surface area contributed by atoms with Crippen molar-refractivity contribution in [1.29, 1.82) is 0 Å². The van der Waals surface area contributed by atoms with Crippen LogP contribution in [0.15, 0.2) is 12.1 Å². The summed E-state index contributed by atoms with van der Waals surface area (Å²) in [6.45, 7) is 2.94. The second-order valence-corrected chi connectivity index (χ2v) is 5.45. The maximum absolute atomic E-state index is 11.3. The molecule has 1 aliphatic carbocycles. The molecule has 1 aromatic heterocycles. The number of rotatable bonds is 5. The maximum atomic E-state index is 11.3. The third-order valence-electron chi connectivity index (χ3n) is 2.64. The van der Waals surface area contributed by atoms with E-state index >= 15 is 0 Å². The van der Waals surface area contributed by atoms with Crippen LogP contribution in [-0.2, 0) is 4.79 Å². The van der Waals surface area contributed by atoms with Crippen molar-refractivity contribution in [3.63, 3.8) is 0 Å². The number of nitrogens with one attached hydrogen (secondary N) is 1. The van der Waals surface area contributed by atoms with Gasteiger partial charge < -0.3 is 11.1 Å². The van der Waals surface area contributed by atoms with E-state index in [4.69, 9.17) is 5.73 Å². The van der Waals surface area contributed by atoms with Gasteiger partial charge >= 0.3 is 0 Å². The van der Waals surface area contributed by atoms with Crippen LogP contribution in [0.5, 0.6) is 0 Å². The van der Waals surface area contributed by atoms with E-state index in [2.05, 4.69) is 5.32 Å². The lowest BCUT2D eigenvalue weighted by atomic mass is 10.2.